The van der Waals surface area contributed by atoms with Crippen LogP contribution in [0.2, 0.25) is 5.02 Å². The van der Waals surface area contributed by atoms with Crippen molar-refractivity contribution in [3.63, 3.8) is 0 Å². The maximum absolute atomic E-state index is 13.0. The Morgan fingerprint density at radius 3 is 2.74 bits per heavy atom. The number of esters is 1. The lowest BCUT2D eigenvalue weighted by Gasteiger charge is -2.17. The molecular formula is C25H23ClN4O4. The summed E-state index contributed by atoms with van der Waals surface area (Å²) in [6, 6.07) is 11.0. The number of halogens is 1. The van der Waals surface area contributed by atoms with Crippen molar-refractivity contribution in [3.8, 4) is 6.07 Å². The summed E-state index contributed by atoms with van der Waals surface area (Å²) in [5.41, 5.74) is 1.21. The van der Waals surface area contributed by atoms with Crippen LogP contribution in [0.15, 0.2) is 41.2 Å². The van der Waals surface area contributed by atoms with Gasteiger partial charge in [0, 0.05) is 18.7 Å². The summed E-state index contributed by atoms with van der Waals surface area (Å²) in [6.45, 7) is 2.10. The van der Waals surface area contributed by atoms with Gasteiger partial charge in [-0.2, -0.15) is 5.26 Å². The van der Waals surface area contributed by atoms with E-state index in [-0.39, 0.29) is 21.7 Å². The summed E-state index contributed by atoms with van der Waals surface area (Å²) in [6.07, 6.45) is 3.74. The number of anilines is 1. The minimum Gasteiger partial charge on any atom is -0.449 e. The third-order valence-electron chi connectivity index (χ3n) is 5.81. The van der Waals surface area contributed by atoms with Gasteiger partial charge in [-0.1, -0.05) is 24.4 Å². The molecule has 1 atom stereocenters. The monoisotopic (exact) mass is 478 g/mol. The van der Waals surface area contributed by atoms with Crippen molar-refractivity contribution in [2.75, 3.05) is 5.32 Å². The number of hydrogen-bond acceptors (Lipinski definition) is 6. The van der Waals surface area contributed by atoms with Crippen LogP contribution in [0, 0.1) is 11.3 Å². The fourth-order valence-electron chi connectivity index (χ4n) is 3.93. The van der Waals surface area contributed by atoms with E-state index in [1.807, 2.05) is 6.07 Å². The molecule has 8 nitrogen and oxygen atoms in total. The number of carbonyl (C=O) groups is 2. The Hall–Kier alpha value is -3.70. The molecule has 0 bridgehead atoms. The molecule has 0 radical (unpaired) electrons. The fourth-order valence-corrected chi connectivity index (χ4v) is 4.15. The van der Waals surface area contributed by atoms with Crippen LogP contribution in [0.1, 0.15) is 54.4 Å². The maximum atomic E-state index is 13.0. The molecular weight excluding hydrogens is 456 g/mol. The summed E-state index contributed by atoms with van der Waals surface area (Å²) in [7, 11) is 0. The van der Waals surface area contributed by atoms with Crippen LogP contribution in [0.25, 0.3) is 10.9 Å². The first-order valence-electron chi connectivity index (χ1n) is 11.1. The summed E-state index contributed by atoms with van der Waals surface area (Å²) < 4.78 is 7.06. The number of aryl methyl sites for hydroxylation is 1. The zero-order valence-corrected chi connectivity index (χ0v) is 19.4. The van der Waals surface area contributed by atoms with E-state index in [1.165, 1.54) is 37.3 Å². The number of rotatable bonds is 4. The fraction of sp³-hybridized carbons (Fsp3) is 0.320. The van der Waals surface area contributed by atoms with E-state index in [1.54, 1.807) is 10.6 Å². The molecule has 2 heterocycles. The van der Waals surface area contributed by atoms with Crippen LogP contribution >= 0.6 is 11.6 Å². The van der Waals surface area contributed by atoms with Crippen LogP contribution in [-0.4, -0.2) is 27.5 Å². The van der Waals surface area contributed by atoms with E-state index in [2.05, 4.69) is 10.3 Å². The number of nitrogens with one attached hydrogen (secondary N) is 1. The smallest absolute Gasteiger partial charge is 0.338 e. The maximum Gasteiger partial charge on any atom is 0.338 e. The van der Waals surface area contributed by atoms with Crippen molar-refractivity contribution in [2.45, 2.75) is 51.7 Å². The molecule has 3 aromatic rings. The molecule has 1 aliphatic rings. The number of carbonyl (C=O) groups excluding carboxylic acids is 2. The second-order valence-corrected chi connectivity index (χ2v) is 8.63. The van der Waals surface area contributed by atoms with E-state index < -0.39 is 18.0 Å². The molecule has 2 aromatic carbocycles. The zero-order chi connectivity index (χ0) is 24.2. The lowest BCUT2D eigenvalue weighted by molar-refractivity contribution is -0.123. The molecule has 0 saturated heterocycles. The second kappa shape index (κ2) is 10.1. The first-order chi connectivity index (χ1) is 16.4. The van der Waals surface area contributed by atoms with Gasteiger partial charge in [0.2, 0.25) is 0 Å². The Bertz CT molecular complexity index is 1380. The molecule has 0 saturated carbocycles. The van der Waals surface area contributed by atoms with Gasteiger partial charge in [-0.3, -0.25) is 14.2 Å². The largest absolute Gasteiger partial charge is 0.449 e. The van der Waals surface area contributed by atoms with Gasteiger partial charge in [-0.25, -0.2) is 9.78 Å². The van der Waals surface area contributed by atoms with Crippen LogP contribution in [0.3, 0.4) is 0 Å². The van der Waals surface area contributed by atoms with E-state index in [0.717, 1.165) is 37.9 Å². The highest BCUT2D eigenvalue weighted by atomic mass is 35.5. The topological polar surface area (TPSA) is 114 Å². The Kier molecular flexibility index (Phi) is 6.94. The Balaban J connectivity index is 1.50. The van der Waals surface area contributed by atoms with Crippen molar-refractivity contribution >= 4 is 40.1 Å². The van der Waals surface area contributed by atoms with E-state index >= 15 is 0 Å². The number of nitriles is 1. The molecule has 0 fully saturated rings. The molecule has 4 rings (SSSR count). The number of nitrogens with zero attached hydrogens (tertiary/aromatic N) is 3. The van der Waals surface area contributed by atoms with Crippen LogP contribution in [0.5, 0.6) is 0 Å². The highest BCUT2D eigenvalue weighted by molar-refractivity contribution is 6.32. The number of ether oxygens (including phenoxy) is 1. The third-order valence-corrected chi connectivity index (χ3v) is 6.13. The average Bonchev–Trinajstić information content (AvgIpc) is 2.80. The van der Waals surface area contributed by atoms with Crippen LogP contribution in [0.4, 0.5) is 5.69 Å². The number of aromatic nitrogens is 2. The normalized spacial score (nSPS) is 14.3. The van der Waals surface area contributed by atoms with Gasteiger partial charge in [-0.05, 0) is 56.2 Å². The quantitative estimate of drug-likeness (QED) is 0.561. The molecule has 1 aromatic heterocycles. The molecule has 34 heavy (non-hydrogen) atoms. The summed E-state index contributed by atoms with van der Waals surface area (Å²) >= 11 is 5.99. The highest BCUT2D eigenvalue weighted by Crippen LogP contribution is 2.21. The van der Waals surface area contributed by atoms with E-state index in [9.17, 15) is 14.4 Å². The van der Waals surface area contributed by atoms with E-state index in [4.69, 9.17) is 21.6 Å². The van der Waals surface area contributed by atoms with Crippen LogP contribution in [-0.2, 0) is 22.5 Å². The molecule has 9 heteroatoms. The van der Waals surface area contributed by atoms with Gasteiger partial charge in [0.05, 0.1) is 27.1 Å². The van der Waals surface area contributed by atoms with Crippen molar-refractivity contribution < 1.29 is 14.3 Å². The van der Waals surface area contributed by atoms with Crippen molar-refractivity contribution in [1.29, 1.82) is 5.26 Å². The Morgan fingerprint density at radius 2 is 1.97 bits per heavy atom. The number of benzene rings is 2. The standard InChI is InChI=1S/C25H23ClN4O4/c1-15(23(31)28-18-9-7-17(14-27)20(26)13-18)34-25(33)16-8-10-19-21(12-16)29-22-6-4-2-3-5-11-30(22)24(19)32/h7-10,12-13,15H,2-6,11H2,1H3,(H,28,31). The summed E-state index contributed by atoms with van der Waals surface area (Å²) in [5, 5.41) is 12.2. The van der Waals surface area contributed by atoms with Crippen molar-refractivity contribution in [2.24, 2.45) is 0 Å². The summed E-state index contributed by atoms with van der Waals surface area (Å²) in [5.74, 6) is -0.514. The van der Waals surface area contributed by atoms with Gasteiger partial charge >= 0.3 is 5.97 Å². The minimum atomic E-state index is -1.09. The zero-order valence-electron chi connectivity index (χ0n) is 18.6. The number of amides is 1. The average molecular weight is 479 g/mol. The summed E-state index contributed by atoms with van der Waals surface area (Å²) in [4.78, 5) is 42.8. The first-order valence-corrected chi connectivity index (χ1v) is 11.5. The lowest BCUT2D eigenvalue weighted by atomic mass is 10.1. The van der Waals surface area contributed by atoms with Gasteiger partial charge in [0.15, 0.2) is 6.10 Å². The molecule has 0 spiro atoms. The molecule has 1 amide bonds. The third kappa shape index (κ3) is 4.95. The SMILES string of the molecule is CC(OC(=O)c1ccc2c(=O)n3c(nc2c1)CCCCCC3)C(=O)Nc1ccc(C#N)c(Cl)c1. The van der Waals surface area contributed by atoms with Gasteiger partial charge in [0.25, 0.3) is 11.5 Å². The number of hydrogen-bond donors (Lipinski definition) is 1. The van der Waals surface area contributed by atoms with Crippen molar-refractivity contribution in [3.05, 3.63) is 68.7 Å². The lowest BCUT2D eigenvalue weighted by Crippen LogP contribution is -2.30. The second-order valence-electron chi connectivity index (χ2n) is 8.22. The number of fused-ring (bicyclic) bond motifs is 2. The van der Waals surface area contributed by atoms with E-state index in [0.29, 0.717) is 23.1 Å². The highest BCUT2D eigenvalue weighted by Gasteiger charge is 2.21. The minimum absolute atomic E-state index is 0.101. The molecule has 174 valence electrons. The molecule has 1 N–H and O–H groups in total. The Morgan fingerprint density at radius 1 is 1.18 bits per heavy atom. The van der Waals surface area contributed by atoms with Crippen LogP contribution < -0.4 is 10.9 Å². The van der Waals surface area contributed by atoms with Gasteiger partial charge in [-0.15, -0.1) is 0 Å². The molecule has 1 unspecified atom stereocenters. The predicted octanol–water partition coefficient (Wildman–Crippen LogP) is 4.22. The Labute approximate surface area is 201 Å². The first kappa shape index (κ1) is 23.5. The van der Waals surface area contributed by atoms with Gasteiger partial charge in [0.1, 0.15) is 11.9 Å². The predicted molar refractivity (Wildman–Crippen MR) is 128 cm³/mol. The molecule has 1 aliphatic heterocycles. The molecule has 0 aliphatic carbocycles. The van der Waals surface area contributed by atoms with Gasteiger partial charge < -0.3 is 10.1 Å². The van der Waals surface area contributed by atoms with Crippen molar-refractivity contribution in [1.82, 2.24) is 9.55 Å².